The van der Waals surface area contributed by atoms with Crippen LogP contribution in [-0.2, 0) is 22.4 Å². The van der Waals surface area contributed by atoms with Gasteiger partial charge >= 0.3 is 12.1 Å². The Kier molecular flexibility index (Phi) is 8.71. The summed E-state index contributed by atoms with van der Waals surface area (Å²) in [6.07, 6.45) is 2.86. The number of nitrogens with one attached hydrogen (secondary N) is 2. The van der Waals surface area contributed by atoms with Gasteiger partial charge < -0.3 is 25.0 Å². The fourth-order valence-corrected chi connectivity index (χ4v) is 3.93. The van der Waals surface area contributed by atoms with E-state index in [0.29, 0.717) is 32.5 Å². The fraction of sp³-hybridized carbons (Fsp3) is 0.407. The van der Waals surface area contributed by atoms with E-state index in [9.17, 15) is 14.7 Å². The number of H-pyrrole nitrogens is 1. The van der Waals surface area contributed by atoms with Crippen LogP contribution < -0.4 is 5.32 Å². The van der Waals surface area contributed by atoms with Crippen LogP contribution in [0, 0.1) is 0 Å². The highest BCUT2D eigenvalue weighted by molar-refractivity contribution is 5.83. The molecule has 1 amide bonds. The second-order valence-electron chi connectivity index (χ2n) is 9.52. The highest BCUT2D eigenvalue weighted by atomic mass is 16.6. The molecule has 7 nitrogen and oxygen atoms in total. The molecule has 1 aromatic heterocycles. The molecule has 0 fully saturated rings. The first-order valence-corrected chi connectivity index (χ1v) is 11.7. The monoisotopic (exact) mass is 465 g/mol. The van der Waals surface area contributed by atoms with E-state index in [4.69, 9.17) is 4.74 Å². The third kappa shape index (κ3) is 7.92. The molecule has 7 heteroatoms. The van der Waals surface area contributed by atoms with Gasteiger partial charge in [-0.15, -0.1) is 0 Å². The van der Waals surface area contributed by atoms with Crippen molar-refractivity contribution in [1.29, 1.82) is 0 Å². The maximum absolute atomic E-state index is 12.8. The maximum Gasteiger partial charge on any atom is 0.410 e. The van der Waals surface area contributed by atoms with Crippen molar-refractivity contribution < 1.29 is 19.4 Å². The van der Waals surface area contributed by atoms with Crippen LogP contribution in [0.5, 0.6) is 0 Å². The number of hydrogen-bond donors (Lipinski definition) is 3. The Bertz CT molecular complexity index is 1070. The Morgan fingerprint density at radius 1 is 1.06 bits per heavy atom. The first kappa shape index (κ1) is 25.3. The molecule has 2 aromatic carbocycles. The zero-order valence-corrected chi connectivity index (χ0v) is 20.2. The molecule has 34 heavy (non-hydrogen) atoms. The first-order valence-electron chi connectivity index (χ1n) is 11.7. The first-order chi connectivity index (χ1) is 16.2. The minimum atomic E-state index is -0.856. The Hall–Kier alpha value is -3.32. The lowest BCUT2D eigenvalue weighted by molar-refractivity contribution is -0.137. The van der Waals surface area contributed by atoms with Gasteiger partial charge in [-0.2, -0.15) is 0 Å². The van der Waals surface area contributed by atoms with Gasteiger partial charge in [0.05, 0.1) is 6.42 Å². The highest BCUT2D eigenvalue weighted by Crippen LogP contribution is 2.20. The van der Waals surface area contributed by atoms with E-state index >= 15 is 0 Å². The summed E-state index contributed by atoms with van der Waals surface area (Å²) < 4.78 is 5.60. The molecule has 3 N–H and O–H groups in total. The summed E-state index contributed by atoms with van der Waals surface area (Å²) in [6.45, 7) is 6.96. The predicted octanol–water partition coefficient (Wildman–Crippen LogP) is 4.62. The van der Waals surface area contributed by atoms with Gasteiger partial charge in [-0.1, -0.05) is 48.5 Å². The van der Waals surface area contributed by atoms with Gasteiger partial charge in [0.15, 0.2) is 0 Å². The molecule has 0 bridgehead atoms. The Balaban J connectivity index is 1.63. The number of nitrogens with zero attached hydrogens (tertiary/aromatic N) is 1. The fourth-order valence-electron chi connectivity index (χ4n) is 3.93. The third-order valence-corrected chi connectivity index (χ3v) is 5.54. The van der Waals surface area contributed by atoms with Crippen molar-refractivity contribution in [3.8, 4) is 0 Å². The SMILES string of the molecule is CC(C)(C)OC(=O)N(CCNC(CC(=O)O)Cc1c[nH]c2ccccc12)CCc1ccccc1. The molecule has 0 radical (unpaired) electrons. The van der Waals surface area contributed by atoms with Crippen LogP contribution in [-0.4, -0.2) is 58.3 Å². The molecular weight excluding hydrogens is 430 g/mol. The number of fused-ring (bicyclic) bond motifs is 1. The van der Waals surface area contributed by atoms with Gasteiger partial charge in [0, 0.05) is 42.8 Å². The second-order valence-corrected chi connectivity index (χ2v) is 9.52. The van der Waals surface area contributed by atoms with Crippen molar-refractivity contribution >= 4 is 23.0 Å². The number of hydrogen-bond acceptors (Lipinski definition) is 4. The highest BCUT2D eigenvalue weighted by Gasteiger charge is 2.23. The van der Waals surface area contributed by atoms with Crippen molar-refractivity contribution in [3.63, 3.8) is 0 Å². The molecule has 0 saturated heterocycles. The number of aromatic nitrogens is 1. The lowest BCUT2D eigenvalue weighted by Gasteiger charge is -2.28. The number of aliphatic carboxylic acids is 1. The molecule has 182 valence electrons. The normalized spacial score (nSPS) is 12.4. The van der Waals surface area contributed by atoms with Crippen LogP contribution in [0.3, 0.4) is 0 Å². The Morgan fingerprint density at radius 3 is 2.47 bits per heavy atom. The molecule has 0 aliphatic rings. The summed E-state index contributed by atoms with van der Waals surface area (Å²) in [4.78, 5) is 29.2. The van der Waals surface area contributed by atoms with E-state index in [0.717, 1.165) is 22.0 Å². The van der Waals surface area contributed by atoms with Gasteiger partial charge in [0.1, 0.15) is 5.60 Å². The largest absolute Gasteiger partial charge is 0.481 e. The summed E-state index contributed by atoms with van der Waals surface area (Å²) in [5.41, 5.74) is 2.66. The van der Waals surface area contributed by atoms with E-state index in [-0.39, 0.29) is 18.6 Å². The molecular formula is C27H35N3O4. The van der Waals surface area contributed by atoms with Crippen LogP contribution >= 0.6 is 0 Å². The molecule has 1 atom stereocenters. The summed E-state index contributed by atoms with van der Waals surface area (Å²) in [5, 5.41) is 13.9. The van der Waals surface area contributed by atoms with E-state index in [1.165, 1.54) is 0 Å². The maximum atomic E-state index is 12.8. The van der Waals surface area contributed by atoms with Gasteiger partial charge in [0.2, 0.25) is 0 Å². The van der Waals surface area contributed by atoms with Gasteiger partial charge in [-0.3, -0.25) is 4.79 Å². The number of carboxylic acid groups (broad SMARTS) is 1. The Morgan fingerprint density at radius 2 is 1.76 bits per heavy atom. The molecule has 3 rings (SSSR count). The molecule has 1 heterocycles. The summed E-state index contributed by atoms with van der Waals surface area (Å²) >= 11 is 0. The molecule has 3 aromatic rings. The average molecular weight is 466 g/mol. The van der Waals surface area contributed by atoms with Crippen LogP contribution in [0.15, 0.2) is 60.8 Å². The quantitative estimate of drug-likeness (QED) is 0.384. The smallest absolute Gasteiger partial charge is 0.410 e. The van der Waals surface area contributed by atoms with Crippen LogP contribution in [0.1, 0.15) is 38.3 Å². The lowest BCUT2D eigenvalue weighted by atomic mass is 10.0. The molecule has 1 unspecified atom stereocenters. The molecule has 0 spiro atoms. The van der Waals surface area contributed by atoms with Crippen LogP contribution in [0.4, 0.5) is 4.79 Å². The van der Waals surface area contributed by atoms with Crippen molar-refractivity contribution in [2.24, 2.45) is 0 Å². The van der Waals surface area contributed by atoms with Crippen molar-refractivity contribution in [3.05, 3.63) is 71.9 Å². The number of para-hydroxylation sites is 1. The molecule has 0 aliphatic heterocycles. The zero-order valence-electron chi connectivity index (χ0n) is 20.2. The Labute approximate surface area is 201 Å². The number of aromatic amines is 1. The van der Waals surface area contributed by atoms with Crippen molar-refractivity contribution in [1.82, 2.24) is 15.2 Å². The van der Waals surface area contributed by atoms with E-state index in [1.54, 1.807) is 4.90 Å². The number of carbonyl (C=O) groups is 2. The second kappa shape index (κ2) is 11.7. The molecule has 0 saturated carbocycles. The minimum Gasteiger partial charge on any atom is -0.481 e. The number of benzene rings is 2. The van der Waals surface area contributed by atoms with Gasteiger partial charge in [-0.25, -0.2) is 4.79 Å². The predicted molar refractivity (Wildman–Crippen MR) is 134 cm³/mol. The standard InChI is InChI=1S/C27H35N3O4/c1-27(2,3)34-26(33)30(15-13-20-9-5-4-6-10-20)16-14-28-22(18-25(31)32)17-21-19-29-24-12-8-7-11-23(21)24/h4-12,19,22,28-29H,13-18H2,1-3H3,(H,31,32). The van der Waals surface area contributed by atoms with Crippen LogP contribution in [0.2, 0.25) is 0 Å². The number of carboxylic acids is 1. The zero-order chi connectivity index (χ0) is 24.6. The van der Waals surface area contributed by atoms with E-state index < -0.39 is 11.6 Å². The number of rotatable bonds is 11. The van der Waals surface area contributed by atoms with E-state index in [2.05, 4.69) is 10.3 Å². The molecule has 0 aliphatic carbocycles. The topological polar surface area (TPSA) is 94.7 Å². The summed E-state index contributed by atoms with van der Waals surface area (Å²) in [6, 6.07) is 17.7. The minimum absolute atomic E-state index is 0.00401. The van der Waals surface area contributed by atoms with Gasteiger partial charge in [-0.05, 0) is 50.8 Å². The summed E-state index contributed by atoms with van der Waals surface area (Å²) in [5.74, 6) is -0.856. The van der Waals surface area contributed by atoms with Crippen molar-refractivity contribution in [2.45, 2.75) is 51.7 Å². The van der Waals surface area contributed by atoms with E-state index in [1.807, 2.05) is 81.6 Å². The number of amides is 1. The lowest BCUT2D eigenvalue weighted by Crippen LogP contribution is -2.44. The van der Waals surface area contributed by atoms with Gasteiger partial charge in [0.25, 0.3) is 0 Å². The van der Waals surface area contributed by atoms with Crippen molar-refractivity contribution in [2.75, 3.05) is 19.6 Å². The average Bonchev–Trinajstić information content (AvgIpc) is 3.18. The van der Waals surface area contributed by atoms with Crippen LogP contribution in [0.25, 0.3) is 10.9 Å². The number of carbonyl (C=O) groups excluding carboxylic acids is 1. The summed E-state index contributed by atoms with van der Waals surface area (Å²) in [7, 11) is 0. The third-order valence-electron chi connectivity index (χ3n) is 5.54. The number of ether oxygens (including phenoxy) is 1.